The van der Waals surface area contributed by atoms with E-state index in [1.807, 2.05) is 0 Å². The zero-order chi connectivity index (χ0) is 18.0. The van der Waals surface area contributed by atoms with Crippen molar-refractivity contribution in [2.24, 2.45) is 4.99 Å². The highest BCUT2D eigenvalue weighted by molar-refractivity contribution is 8.13. The summed E-state index contributed by atoms with van der Waals surface area (Å²) in [6.07, 6.45) is 1.15. The average molecular weight is 396 g/mol. The van der Waals surface area contributed by atoms with Crippen LogP contribution >= 0.6 is 23.4 Å². The maximum atomic E-state index is 12.2. The number of nitrogens with zero attached hydrogens (tertiary/aromatic N) is 1. The lowest BCUT2D eigenvalue weighted by Gasteiger charge is -2.09. The van der Waals surface area contributed by atoms with Gasteiger partial charge in [0.05, 0.1) is 17.0 Å². The van der Waals surface area contributed by atoms with Gasteiger partial charge in [-0.3, -0.25) is 0 Å². The summed E-state index contributed by atoms with van der Waals surface area (Å²) in [5.41, 5.74) is 1.68. The molecule has 1 heterocycles. The van der Waals surface area contributed by atoms with Crippen LogP contribution in [0, 0.1) is 0 Å². The van der Waals surface area contributed by atoms with Crippen LogP contribution in [0.1, 0.15) is 10.4 Å². The summed E-state index contributed by atoms with van der Waals surface area (Å²) in [5, 5.41) is 0.829. The van der Waals surface area contributed by atoms with Crippen molar-refractivity contribution in [2.75, 3.05) is 18.6 Å². The fourth-order valence-corrected chi connectivity index (χ4v) is 3.80. The van der Waals surface area contributed by atoms with Crippen LogP contribution in [0.2, 0.25) is 5.02 Å². The first-order valence-corrected chi connectivity index (χ1v) is 10.6. The molecule has 0 saturated carbocycles. The number of rotatable bonds is 3. The second-order valence-corrected chi connectivity index (χ2v) is 8.85. The van der Waals surface area contributed by atoms with Gasteiger partial charge < -0.3 is 4.74 Å². The van der Waals surface area contributed by atoms with E-state index >= 15 is 0 Å². The Morgan fingerprint density at radius 1 is 1.20 bits per heavy atom. The van der Waals surface area contributed by atoms with Gasteiger partial charge in [0.1, 0.15) is 0 Å². The summed E-state index contributed by atoms with van der Waals surface area (Å²) in [7, 11) is -3.27. The molecule has 2 aromatic carbocycles. The van der Waals surface area contributed by atoms with Gasteiger partial charge in [-0.15, -0.1) is 0 Å². The monoisotopic (exact) mass is 395 g/mol. The molecule has 0 amide bonds. The van der Waals surface area contributed by atoms with Crippen LogP contribution in [0.4, 0.5) is 0 Å². The van der Waals surface area contributed by atoms with Gasteiger partial charge in [-0.1, -0.05) is 35.5 Å². The Hall–Kier alpha value is -1.83. The van der Waals surface area contributed by atoms with E-state index < -0.39 is 15.8 Å². The number of hydrogen-bond donors (Lipinski definition) is 0. The summed E-state index contributed by atoms with van der Waals surface area (Å²) >= 11 is 7.63. The SMILES string of the molecule is CS(=O)(=O)c1ccc(-c2cc(C(=O)OC3=NCCS3)ccc2Cl)cc1. The van der Waals surface area contributed by atoms with Crippen LogP contribution in [0.3, 0.4) is 0 Å². The van der Waals surface area contributed by atoms with Crippen molar-refractivity contribution in [2.45, 2.75) is 4.90 Å². The number of carbonyl (C=O) groups is 1. The van der Waals surface area contributed by atoms with Crippen LogP contribution in [-0.4, -0.2) is 38.2 Å². The fourth-order valence-electron chi connectivity index (χ4n) is 2.27. The third-order valence-electron chi connectivity index (χ3n) is 3.53. The molecule has 0 aromatic heterocycles. The number of carbonyl (C=O) groups excluding carboxylic acids is 1. The van der Waals surface area contributed by atoms with Crippen LogP contribution in [-0.2, 0) is 14.6 Å². The van der Waals surface area contributed by atoms with Gasteiger partial charge in [0, 0.05) is 22.6 Å². The van der Waals surface area contributed by atoms with E-state index in [2.05, 4.69) is 4.99 Å². The molecule has 5 nitrogen and oxygen atoms in total. The molecule has 3 rings (SSSR count). The molecule has 0 N–H and O–H groups in total. The zero-order valence-corrected chi connectivity index (χ0v) is 15.6. The predicted octanol–water partition coefficient (Wildman–Crippen LogP) is 3.67. The van der Waals surface area contributed by atoms with Gasteiger partial charge in [-0.05, 0) is 35.9 Å². The van der Waals surface area contributed by atoms with Crippen molar-refractivity contribution in [1.82, 2.24) is 0 Å². The average Bonchev–Trinajstić information content (AvgIpc) is 3.07. The third-order valence-corrected chi connectivity index (χ3v) is 5.84. The van der Waals surface area contributed by atoms with E-state index in [0.717, 1.165) is 12.0 Å². The van der Waals surface area contributed by atoms with E-state index in [0.29, 0.717) is 33.5 Å². The lowest BCUT2D eigenvalue weighted by Crippen LogP contribution is -2.08. The van der Waals surface area contributed by atoms with Gasteiger partial charge >= 0.3 is 5.97 Å². The molecule has 0 unspecified atom stereocenters. The van der Waals surface area contributed by atoms with E-state index in [4.69, 9.17) is 16.3 Å². The van der Waals surface area contributed by atoms with Crippen molar-refractivity contribution < 1.29 is 17.9 Å². The Morgan fingerprint density at radius 3 is 2.52 bits per heavy atom. The number of ether oxygens (including phenoxy) is 1. The minimum atomic E-state index is -3.27. The Bertz CT molecular complexity index is 953. The van der Waals surface area contributed by atoms with Crippen LogP contribution < -0.4 is 0 Å². The molecule has 1 aliphatic rings. The maximum Gasteiger partial charge on any atom is 0.345 e. The highest BCUT2D eigenvalue weighted by atomic mass is 35.5. The number of benzene rings is 2. The molecule has 1 aliphatic heterocycles. The Kier molecular flexibility index (Phi) is 5.17. The molecule has 25 heavy (non-hydrogen) atoms. The van der Waals surface area contributed by atoms with Crippen molar-refractivity contribution in [1.29, 1.82) is 0 Å². The molecule has 130 valence electrons. The lowest BCUT2D eigenvalue weighted by atomic mass is 10.0. The largest absolute Gasteiger partial charge is 0.398 e. The number of sulfone groups is 1. The van der Waals surface area contributed by atoms with E-state index in [1.165, 1.54) is 23.9 Å². The van der Waals surface area contributed by atoms with Gasteiger partial charge in [0.25, 0.3) is 5.23 Å². The van der Waals surface area contributed by atoms with Gasteiger partial charge in [0.2, 0.25) is 0 Å². The van der Waals surface area contributed by atoms with E-state index in [-0.39, 0.29) is 4.90 Å². The maximum absolute atomic E-state index is 12.2. The Labute approximate surface area is 155 Å². The molecular weight excluding hydrogens is 382 g/mol. The quantitative estimate of drug-likeness (QED) is 0.741. The van der Waals surface area contributed by atoms with Crippen LogP contribution in [0.25, 0.3) is 11.1 Å². The van der Waals surface area contributed by atoms with Gasteiger partial charge in [-0.25, -0.2) is 18.2 Å². The summed E-state index contributed by atoms with van der Waals surface area (Å²) in [6.45, 7) is 0.645. The molecule has 0 radical (unpaired) electrons. The fraction of sp³-hybridized carbons (Fsp3) is 0.176. The molecule has 2 aromatic rings. The van der Waals surface area contributed by atoms with Crippen molar-refractivity contribution in [3.63, 3.8) is 0 Å². The first kappa shape index (κ1) is 18.0. The third kappa shape index (κ3) is 4.23. The predicted molar refractivity (Wildman–Crippen MR) is 100 cm³/mol. The van der Waals surface area contributed by atoms with Crippen LogP contribution in [0.5, 0.6) is 0 Å². The number of halogens is 1. The smallest absolute Gasteiger partial charge is 0.345 e. The summed E-state index contributed by atoms with van der Waals surface area (Å²) in [5.74, 6) is 0.306. The zero-order valence-electron chi connectivity index (χ0n) is 13.2. The molecule has 0 spiro atoms. The lowest BCUT2D eigenvalue weighted by molar-refractivity contribution is 0.0724. The highest BCUT2D eigenvalue weighted by Gasteiger charge is 2.17. The highest BCUT2D eigenvalue weighted by Crippen LogP contribution is 2.30. The van der Waals surface area contributed by atoms with Crippen LogP contribution in [0.15, 0.2) is 52.4 Å². The van der Waals surface area contributed by atoms with Crippen molar-refractivity contribution in [3.05, 3.63) is 53.1 Å². The standard InChI is InChI=1S/C17H14ClNO4S2/c1-25(21,22)13-5-2-11(3-6-13)14-10-12(4-7-15(14)18)16(20)23-17-19-8-9-24-17/h2-7,10H,8-9H2,1H3. The first-order chi connectivity index (χ1) is 11.8. The summed E-state index contributed by atoms with van der Waals surface area (Å²) in [4.78, 5) is 16.5. The molecule has 0 atom stereocenters. The summed E-state index contributed by atoms with van der Waals surface area (Å²) in [6, 6.07) is 11.2. The van der Waals surface area contributed by atoms with Crippen molar-refractivity contribution in [3.8, 4) is 11.1 Å². The second kappa shape index (κ2) is 7.19. The number of hydrogen-bond acceptors (Lipinski definition) is 6. The molecule has 0 bridgehead atoms. The van der Waals surface area contributed by atoms with Crippen molar-refractivity contribution >= 4 is 44.4 Å². The minimum absolute atomic E-state index is 0.221. The minimum Gasteiger partial charge on any atom is -0.398 e. The van der Waals surface area contributed by atoms with E-state index in [9.17, 15) is 13.2 Å². The Balaban J connectivity index is 1.90. The van der Waals surface area contributed by atoms with Gasteiger partial charge in [0.15, 0.2) is 9.84 Å². The number of thioether (sulfide) groups is 1. The molecule has 8 heteroatoms. The molecule has 0 fully saturated rings. The molecule has 0 saturated heterocycles. The number of aliphatic imine (C=N–C) groups is 1. The van der Waals surface area contributed by atoms with E-state index in [1.54, 1.807) is 30.3 Å². The molecular formula is C17H14ClNO4S2. The summed E-state index contributed by atoms with van der Waals surface area (Å²) < 4.78 is 28.4. The number of esters is 1. The topological polar surface area (TPSA) is 72.8 Å². The second-order valence-electron chi connectivity index (χ2n) is 5.38. The normalized spacial score (nSPS) is 14.2. The van der Waals surface area contributed by atoms with Gasteiger partial charge in [-0.2, -0.15) is 0 Å². The molecule has 0 aliphatic carbocycles. The first-order valence-electron chi connectivity index (χ1n) is 7.34. The Morgan fingerprint density at radius 2 is 1.92 bits per heavy atom.